The van der Waals surface area contributed by atoms with Crippen LogP contribution in [0.4, 0.5) is 5.69 Å². The summed E-state index contributed by atoms with van der Waals surface area (Å²) in [4.78, 5) is 37.3. The fourth-order valence-corrected chi connectivity index (χ4v) is 3.63. The van der Waals surface area contributed by atoms with Crippen molar-refractivity contribution in [3.8, 4) is 0 Å². The van der Waals surface area contributed by atoms with Crippen molar-refractivity contribution in [1.29, 1.82) is 0 Å². The molecule has 3 rings (SSSR count). The van der Waals surface area contributed by atoms with E-state index in [0.29, 0.717) is 14.9 Å². The Morgan fingerprint density at radius 2 is 1.78 bits per heavy atom. The van der Waals surface area contributed by atoms with Gasteiger partial charge in [0.2, 0.25) is 5.91 Å². The van der Waals surface area contributed by atoms with E-state index in [9.17, 15) is 14.4 Å². The maximum absolute atomic E-state index is 12.5. The molecule has 136 valence electrons. The van der Waals surface area contributed by atoms with Gasteiger partial charge in [0, 0.05) is 5.69 Å². The lowest BCUT2D eigenvalue weighted by atomic mass is 10.2. The van der Waals surface area contributed by atoms with Crippen molar-refractivity contribution in [2.75, 3.05) is 11.9 Å². The smallest absolute Gasteiger partial charge is 0.335 e. The van der Waals surface area contributed by atoms with E-state index in [-0.39, 0.29) is 18.0 Å². The quantitative estimate of drug-likeness (QED) is 0.594. The first kappa shape index (κ1) is 18.8. The van der Waals surface area contributed by atoms with Crippen LogP contribution < -0.4 is 5.32 Å². The van der Waals surface area contributed by atoms with E-state index in [0.717, 1.165) is 17.3 Å². The van der Waals surface area contributed by atoms with E-state index in [1.54, 1.807) is 6.08 Å². The minimum atomic E-state index is -1.05. The number of thioether (sulfide) groups is 1. The number of carbonyl (C=O) groups is 3. The third kappa shape index (κ3) is 4.60. The second-order valence-electron chi connectivity index (χ2n) is 5.61. The maximum Gasteiger partial charge on any atom is 0.335 e. The highest BCUT2D eigenvalue weighted by Crippen LogP contribution is 2.32. The molecule has 2 aromatic rings. The topological polar surface area (TPSA) is 86.7 Å². The number of amides is 2. The Bertz CT molecular complexity index is 940. The first-order valence-electron chi connectivity index (χ1n) is 7.87. The molecule has 2 N–H and O–H groups in total. The Morgan fingerprint density at radius 3 is 2.41 bits per heavy atom. The van der Waals surface area contributed by atoms with Crippen LogP contribution in [0.2, 0.25) is 0 Å². The summed E-state index contributed by atoms with van der Waals surface area (Å²) in [6, 6.07) is 15.1. The van der Waals surface area contributed by atoms with Gasteiger partial charge in [0.15, 0.2) is 0 Å². The van der Waals surface area contributed by atoms with Crippen molar-refractivity contribution >= 4 is 57.8 Å². The van der Waals surface area contributed by atoms with E-state index >= 15 is 0 Å². The normalized spacial score (nSPS) is 15.3. The van der Waals surface area contributed by atoms with Gasteiger partial charge >= 0.3 is 5.97 Å². The average molecular weight is 398 g/mol. The summed E-state index contributed by atoms with van der Waals surface area (Å²) >= 11 is 6.38. The van der Waals surface area contributed by atoms with Gasteiger partial charge in [-0.1, -0.05) is 54.3 Å². The van der Waals surface area contributed by atoms with Crippen molar-refractivity contribution in [3.05, 3.63) is 70.6 Å². The van der Waals surface area contributed by atoms with E-state index < -0.39 is 11.9 Å². The fourth-order valence-electron chi connectivity index (χ4n) is 2.38. The molecule has 8 heteroatoms. The second kappa shape index (κ2) is 8.15. The van der Waals surface area contributed by atoms with Gasteiger partial charge in [0.1, 0.15) is 10.9 Å². The average Bonchev–Trinajstić information content (AvgIpc) is 2.90. The summed E-state index contributed by atoms with van der Waals surface area (Å²) in [6.45, 7) is -0.211. The minimum Gasteiger partial charge on any atom is -0.478 e. The number of aromatic carboxylic acids is 1. The predicted octanol–water partition coefficient (Wildman–Crippen LogP) is 3.22. The molecule has 27 heavy (non-hydrogen) atoms. The molecule has 1 aliphatic rings. The molecular weight excluding hydrogens is 384 g/mol. The highest BCUT2D eigenvalue weighted by molar-refractivity contribution is 8.26. The highest BCUT2D eigenvalue weighted by atomic mass is 32.2. The van der Waals surface area contributed by atoms with Gasteiger partial charge in [0.25, 0.3) is 5.91 Å². The lowest BCUT2D eigenvalue weighted by Gasteiger charge is -2.14. The van der Waals surface area contributed by atoms with E-state index in [1.165, 1.54) is 29.2 Å². The summed E-state index contributed by atoms with van der Waals surface area (Å²) < 4.78 is 0.318. The standard InChI is InChI=1S/C19H14N2O4S2/c22-16(20-14-8-6-13(7-9-14)18(24)25)11-21-17(23)15(27-19(21)26)10-12-4-2-1-3-5-12/h1-10H,11H2,(H,20,22)(H,24,25)/b15-10-. The van der Waals surface area contributed by atoms with Crippen molar-refractivity contribution in [3.63, 3.8) is 0 Å². The summed E-state index contributed by atoms with van der Waals surface area (Å²) in [6.07, 6.45) is 1.74. The lowest BCUT2D eigenvalue weighted by Crippen LogP contribution is -2.36. The number of nitrogens with zero attached hydrogens (tertiary/aromatic N) is 1. The SMILES string of the molecule is O=C(CN1C(=O)/C(=C/c2ccccc2)SC1=S)Nc1ccc(C(=O)O)cc1. The summed E-state index contributed by atoms with van der Waals surface area (Å²) in [5, 5.41) is 11.5. The number of rotatable bonds is 5. The summed E-state index contributed by atoms with van der Waals surface area (Å²) in [5.41, 5.74) is 1.44. The van der Waals surface area contributed by atoms with Gasteiger partial charge in [0.05, 0.1) is 10.5 Å². The zero-order valence-corrected chi connectivity index (χ0v) is 15.5. The Labute approximate surface area is 164 Å². The number of hydrogen-bond donors (Lipinski definition) is 2. The lowest BCUT2D eigenvalue weighted by molar-refractivity contribution is -0.126. The van der Waals surface area contributed by atoms with Gasteiger partial charge < -0.3 is 10.4 Å². The number of carboxylic acids is 1. The van der Waals surface area contributed by atoms with E-state index in [1.807, 2.05) is 30.3 Å². The van der Waals surface area contributed by atoms with Crippen LogP contribution in [-0.4, -0.2) is 38.7 Å². The van der Waals surface area contributed by atoms with Crippen LogP contribution in [0.1, 0.15) is 15.9 Å². The van der Waals surface area contributed by atoms with Crippen LogP contribution in [0, 0.1) is 0 Å². The molecule has 2 aromatic carbocycles. The predicted molar refractivity (Wildman–Crippen MR) is 108 cm³/mol. The Kier molecular flexibility index (Phi) is 5.68. The molecule has 0 aromatic heterocycles. The number of anilines is 1. The molecule has 6 nitrogen and oxygen atoms in total. The molecule has 0 bridgehead atoms. The maximum atomic E-state index is 12.5. The van der Waals surface area contributed by atoms with Crippen LogP contribution in [0.15, 0.2) is 59.5 Å². The molecule has 1 saturated heterocycles. The first-order valence-corrected chi connectivity index (χ1v) is 9.10. The van der Waals surface area contributed by atoms with E-state index in [2.05, 4.69) is 5.32 Å². The van der Waals surface area contributed by atoms with Crippen molar-refractivity contribution in [1.82, 2.24) is 4.90 Å². The van der Waals surface area contributed by atoms with Crippen LogP contribution in [-0.2, 0) is 9.59 Å². The van der Waals surface area contributed by atoms with Crippen molar-refractivity contribution < 1.29 is 19.5 Å². The molecule has 2 amide bonds. The number of carboxylic acid groups (broad SMARTS) is 1. The Morgan fingerprint density at radius 1 is 1.11 bits per heavy atom. The summed E-state index contributed by atoms with van der Waals surface area (Å²) in [7, 11) is 0. The van der Waals surface area contributed by atoms with Crippen molar-refractivity contribution in [2.45, 2.75) is 0 Å². The van der Waals surface area contributed by atoms with Crippen LogP contribution in [0.5, 0.6) is 0 Å². The number of hydrogen-bond acceptors (Lipinski definition) is 5. The largest absolute Gasteiger partial charge is 0.478 e. The van der Waals surface area contributed by atoms with Crippen molar-refractivity contribution in [2.24, 2.45) is 0 Å². The molecule has 1 fully saturated rings. The van der Waals surface area contributed by atoms with Gasteiger partial charge in [-0.15, -0.1) is 0 Å². The highest BCUT2D eigenvalue weighted by Gasteiger charge is 2.33. The summed E-state index contributed by atoms with van der Waals surface area (Å²) in [5.74, 6) is -1.78. The monoisotopic (exact) mass is 398 g/mol. The third-order valence-electron chi connectivity index (χ3n) is 3.69. The molecule has 0 saturated carbocycles. The molecule has 0 spiro atoms. The number of nitrogens with one attached hydrogen (secondary N) is 1. The molecule has 0 unspecified atom stereocenters. The van der Waals surface area contributed by atoms with Gasteiger partial charge in [-0.05, 0) is 35.9 Å². The zero-order chi connectivity index (χ0) is 19.4. The molecule has 0 atom stereocenters. The number of thiocarbonyl (C=S) groups is 1. The number of benzene rings is 2. The van der Waals surface area contributed by atoms with Crippen LogP contribution in [0.3, 0.4) is 0 Å². The zero-order valence-electron chi connectivity index (χ0n) is 13.9. The molecule has 1 aliphatic heterocycles. The molecule has 0 radical (unpaired) electrons. The van der Waals surface area contributed by atoms with Gasteiger partial charge in [-0.25, -0.2) is 4.79 Å². The van der Waals surface area contributed by atoms with E-state index in [4.69, 9.17) is 17.3 Å². The minimum absolute atomic E-state index is 0.121. The first-order chi connectivity index (χ1) is 12.9. The Balaban J connectivity index is 1.65. The number of carbonyl (C=O) groups excluding carboxylic acids is 2. The molecule has 0 aliphatic carbocycles. The van der Waals surface area contributed by atoms with Gasteiger partial charge in [-0.3, -0.25) is 14.5 Å². The molecular formula is C19H14N2O4S2. The van der Waals surface area contributed by atoms with Crippen LogP contribution in [0.25, 0.3) is 6.08 Å². The fraction of sp³-hybridized carbons (Fsp3) is 0.0526. The van der Waals surface area contributed by atoms with Gasteiger partial charge in [-0.2, -0.15) is 0 Å². The second-order valence-corrected chi connectivity index (χ2v) is 7.28. The Hall–Kier alpha value is -2.97. The van der Waals surface area contributed by atoms with Crippen LogP contribution >= 0.6 is 24.0 Å². The molecule has 1 heterocycles. The third-order valence-corrected chi connectivity index (χ3v) is 5.07.